The van der Waals surface area contributed by atoms with Crippen molar-refractivity contribution in [2.24, 2.45) is 11.7 Å². The third kappa shape index (κ3) is 4.16. The van der Waals surface area contributed by atoms with Crippen molar-refractivity contribution in [3.05, 3.63) is 65.2 Å². The molecule has 5 N–H and O–H groups in total. The topological polar surface area (TPSA) is 125 Å². The molecule has 4 rings (SSSR count). The lowest BCUT2D eigenvalue weighted by Gasteiger charge is -2.12. The summed E-state index contributed by atoms with van der Waals surface area (Å²) in [6.07, 6.45) is 2.27. The Balaban J connectivity index is 1.52. The molecule has 8 nitrogen and oxygen atoms in total. The van der Waals surface area contributed by atoms with Gasteiger partial charge in [0.25, 0.3) is 11.8 Å². The minimum Gasteiger partial charge on any atom is -0.496 e. The summed E-state index contributed by atoms with van der Waals surface area (Å²) in [6, 6.07) is 14.6. The van der Waals surface area contributed by atoms with E-state index in [-0.39, 0.29) is 17.5 Å². The first-order chi connectivity index (χ1) is 15.4. The van der Waals surface area contributed by atoms with Gasteiger partial charge in [0.1, 0.15) is 22.8 Å². The maximum absolute atomic E-state index is 12.5. The number of nitrogens with two attached hydrogens (primary N) is 2. The van der Waals surface area contributed by atoms with Gasteiger partial charge in [-0.1, -0.05) is 36.4 Å². The van der Waals surface area contributed by atoms with E-state index in [9.17, 15) is 9.59 Å². The Bertz CT molecular complexity index is 1150. The molecule has 0 saturated heterocycles. The zero-order valence-corrected chi connectivity index (χ0v) is 18.2. The smallest absolute Gasteiger partial charge is 0.255 e. The highest BCUT2D eigenvalue weighted by Crippen LogP contribution is 2.41. The van der Waals surface area contributed by atoms with E-state index in [0.717, 1.165) is 24.0 Å². The van der Waals surface area contributed by atoms with Gasteiger partial charge in [0, 0.05) is 12.1 Å². The minimum atomic E-state index is -0.597. The van der Waals surface area contributed by atoms with Gasteiger partial charge in [0.05, 0.1) is 18.7 Å². The monoisotopic (exact) mass is 433 g/mol. The second-order valence-electron chi connectivity index (χ2n) is 8.08. The third-order valence-corrected chi connectivity index (χ3v) is 5.92. The Labute approximate surface area is 186 Å². The molecule has 8 heteroatoms. The average molecular weight is 434 g/mol. The number of nitrogen functional groups attached to an aromatic ring is 1. The third-order valence-electron chi connectivity index (χ3n) is 5.92. The summed E-state index contributed by atoms with van der Waals surface area (Å²) in [4.78, 5) is 24.6. The number of rotatable bonds is 8. The van der Waals surface area contributed by atoms with Crippen molar-refractivity contribution in [2.45, 2.75) is 32.4 Å². The van der Waals surface area contributed by atoms with Gasteiger partial charge >= 0.3 is 0 Å². The van der Waals surface area contributed by atoms with Crippen molar-refractivity contribution >= 4 is 17.6 Å². The Morgan fingerprint density at radius 3 is 2.50 bits per heavy atom. The van der Waals surface area contributed by atoms with Gasteiger partial charge in [0.2, 0.25) is 0 Å². The number of primary amides is 1. The van der Waals surface area contributed by atoms with Crippen molar-refractivity contribution in [2.75, 3.05) is 12.8 Å². The first-order valence-electron chi connectivity index (χ1n) is 10.6. The molecule has 1 heterocycles. The van der Waals surface area contributed by atoms with Gasteiger partial charge in [-0.25, -0.2) is 4.68 Å². The van der Waals surface area contributed by atoms with Crippen LogP contribution in [0.3, 0.4) is 0 Å². The second-order valence-corrected chi connectivity index (χ2v) is 8.08. The Morgan fingerprint density at radius 2 is 1.88 bits per heavy atom. The summed E-state index contributed by atoms with van der Waals surface area (Å²) in [5.74, 6) is 0.538. The summed E-state index contributed by atoms with van der Waals surface area (Å²) in [6.45, 7) is 2.40. The van der Waals surface area contributed by atoms with E-state index in [4.69, 9.17) is 16.2 Å². The maximum atomic E-state index is 12.5. The molecule has 2 aromatic carbocycles. The average Bonchev–Trinajstić information content (AvgIpc) is 3.59. The molecule has 0 aliphatic heterocycles. The lowest BCUT2D eigenvalue weighted by atomic mass is 10.0. The zero-order chi connectivity index (χ0) is 22.8. The van der Waals surface area contributed by atoms with Crippen LogP contribution >= 0.6 is 0 Å². The standard InChI is InChI=1S/C24H27N5O3/c1-14(16-11-12-16)29-22(25)20(23(26)30)21(28-29)17-9-7-15(8-10-17)13-27-24(31)18-5-3-4-6-19(18)32-2/h3-10,14,16H,11-13,25H2,1-2H3,(H2,26,30)(H,27,31). The molecule has 1 fully saturated rings. The highest BCUT2D eigenvalue weighted by atomic mass is 16.5. The van der Waals surface area contributed by atoms with Gasteiger partial charge < -0.3 is 21.5 Å². The van der Waals surface area contributed by atoms with E-state index in [2.05, 4.69) is 17.3 Å². The van der Waals surface area contributed by atoms with Crippen LogP contribution in [0.2, 0.25) is 0 Å². The van der Waals surface area contributed by atoms with Crippen molar-refractivity contribution in [3.63, 3.8) is 0 Å². The van der Waals surface area contributed by atoms with Gasteiger partial charge in [0.15, 0.2) is 0 Å². The number of hydrogen-bond donors (Lipinski definition) is 3. The van der Waals surface area contributed by atoms with Crippen molar-refractivity contribution in [1.82, 2.24) is 15.1 Å². The predicted octanol–water partition coefficient (Wildman–Crippen LogP) is 3.14. The molecule has 1 saturated carbocycles. The van der Waals surface area contributed by atoms with Gasteiger partial charge in [-0.2, -0.15) is 5.10 Å². The molecule has 0 bridgehead atoms. The highest BCUT2D eigenvalue weighted by molar-refractivity contribution is 6.03. The zero-order valence-electron chi connectivity index (χ0n) is 18.2. The number of nitrogens with zero attached hydrogens (tertiary/aromatic N) is 2. The van der Waals surface area contributed by atoms with Crippen LogP contribution in [-0.4, -0.2) is 28.7 Å². The number of benzene rings is 2. The van der Waals surface area contributed by atoms with Crippen LogP contribution in [-0.2, 0) is 6.54 Å². The second kappa shape index (κ2) is 8.74. The number of para-hydroxylation sites is 1. The van der Waals surface area contributed by atoms with E-state index < -0.39 is 5.91 Å². The SMILES string of the molecule is COc1ccccc1C(=O)NCc1ccc(-c2nn(C(C)C3CC3)c(N)c2C(N)=O)cc1. The van der Waals surface area contributed by atoms with E-state index in [1.807, 2.05) is 30.3 Å². The van der Waals surface area contributed by atoms with Crippen LogP contribution in [0, 0.1) is 5.92 Å². The fourth-order valence-electron chi connectivity index (χ4n) is 3.87. The van der Waals surface area contributed by atoms with Crippen molar-refractivity contribution in [3.8, 4) is 17.0 Å². The molecule has 166 valence electrons. The number of carbonyl (C=O) groups is 2. The predicted molar refractivity (Wildman–Crippen MR) is 122 cm³/mol. The number of anilines is 1. The van der Waals surface area contributed by atoms with E-state index >= 15 is 0 Å². The lowest BCUT2D eigenvalue weighted by Crippen LogP contribution is -2.23. The molecule has 1 aliphatic rings. The summed E-state index contributed by atoms with van der Waals surface area (Å²) >= 11 is 0. The van der Waals surface area contributed by atoms with Gasteiger partial charge in [-0.05, 0) is 43.4 Å². The first kappa shape index (κ1) is 21.4. The Hall–Kier alpha value is -3.81. The fourth-order valence-corrected chi connectivity index (χ4v) is 3.87. The number of nitrogens with one attached hydrogen (secondary N) is 1. The number of carbonyl (C=O) groups excluding carboxylic acids is 2. The van der Waals surface area contributed by atoms with Crippen LogP contribution in [0.25, 0.3) is 11.3 Å². The van der Waals surface area contributed by atoms with E-state index in [1.54, 1.807) is 22.9 Å². The molecule has 0 spiro atoms. The molecule has 32 heavy (non-hydrogen) atoms. The Morgan fingerprint density at radius 1 is 1.19 bits per heavy atom. The molecule has 1 atom stereocenters. The number of amides is 2. The molecule has 1 aromatic heterocycles. The summed E-state index contributed by atoms with van der Waals surface area (Å²) in [5.41, 5.74) is 14.7. The highest BCUT2D eigenvalue weighted by Gasteiger charge is 2.33. The molecule has 1 aliphatic carbocycles. The summed E-state index contributed by atoms with van der Waals surface area (Å²) in [5, 5.41) is 7.53. The van der Waals surface area contributed by atoms with E-state index in [0.29, 0.717) is 35.3 Å². The number of methoxy groups -OCH3 is 1. The van der Waals surface area contributed by atoms with Crippen LogP contribution in [0.4, 0.5) is 5.82 Å². The number of ether oxygens (including phenoxy) is 1. The van der Waals surface area contributed by atoms with Crippen LogP contribution in [0.1, 0.15) is 52.1 Å². The van der Waals surface area contributed by atoms with Gasteiger partial charge in [-0.3, -0.25) is 9.59 Å². The van der Waals surface area contributed by atoms with Crippen LogP contribution in [0.15, 0.2) is 48.5 Å². The largest absolute Gasteiger partial charge is 0.496 e. The molecule has 3 aromatic rings. The molecular weight excluding hydrogens is 406 g/mol. The number of aromatic nitrogens is 2. The van der Waals surface area contributed by atoms with Gasteiger partial charge in [-0.15, -0.1) is 0 Å². The minimum absolute atomic E-state index is 0.117. The quantitative estimate of drug-likeness (QED) is 0.503. The van der Waals surface area contributed by atoms with Crippen LogP contribution < -0.4 is 21.5 Å². The van der Waals surface area contributed by atoms with Crippen LogP contribution in [0.5, 0.6) is 5.75 Å². The summed E-state index contributed by atoms with van der Waals surface area (Å²) in [7, 11) is 1.53. The molecule has 1 unspecified atom stereocenters. The Kier molecular flexibility index (Phi) is 5.85. The van der Waals surface area contributed by atoms with E-state index in [1.165, 1.54) is 7.11 Å². The molecule has 2 amide bonds. The fraction of sp³-hybridized carbons (Fsp3) is 0.292. The summed E-state index contributed by atoms with van der Waals surface area (Å²) < 4.78 is 6.96. The molecular formula is C24H27N5O3. The normalized spacial score (nSPS) is 14.1. The lowest BCUT2D eigenvalue weighted by molar-refractivity contribution is 0.0946. The first-order valence-corrected chi connectivity index (χ1v) is 10.6. The number of hydrogen-bond acceptors (Lipinski definition) is 5. The maximum Gasteiger partial charge on any atom is 0.255 e. The van der Waals surface area contributed by atoms with Crippen molar-refractivity contribution in [1.29, 1.82) is 0 Å². The molecule has 0 radical (unpaired) electrons. The van der Waals surface area contributed by atoms with Crippen molar-refractivity contribution < 1.29 is 14.3 Å².